The van der Waals surface area contributed by atoms with Gasteiger partial charge in [-0.1, -0.05) is 19.8 Å². The Labute approximate surface area is 117 Å². The van der Waals surface area contributed by atoms with E-state index in [1.165, 1.54) is 51.6 Å². The van der Waals surface area contributed by atoms with E-state index in [1.807, 2.05) is 0 Å². The summed E-state index contributed by atoms with van der Waals surface area (Å²) in [6, 6.07) is 0. The molecule has 2 saturated carbocycles. The first-order valence-electron chi connectivity index (χ1n) is 8.26. The van der Waals surface area contributed by atoms with Crippen molar-refractivity contribution in [2.45, 2.75) is 45.4 Å². The molecule has 3 heteroatoms. The molecule has 3 nitrogen and oxygen atoms in total. The van der Waals surface area contributed by atoms with E-state index < -0.39 is 0 Å². The standard InChI is InChI=1S/C16H28N2O/c1-12-6-9-18(10-7-12)11-8-17-16(19)15-13-4-2-3-5-14(13)15/h12-15H,2-11H2,1H3,(H,17,19)/t13-,14-/m0/s1. The molecule has 19 heavy (non-hydrogen) atoms. The molecule has 3 rings (SSSR count). The van der Waals surface area contributed by atoms with Crippen molar-refractivity contribution in [1.29, 1.82) is 0 Å². The van der Waals surface area contributed by atoms with E-state index in [0.717, 1.165) is 30.8 Å². The van der Waals surface area contributed by atoms with E-state index in [-0.39, 0.29) is 0 Å². The van der Waals surface area contributed by atoms with Crippen LogP contribution in [-0.4, -0.2) is 37.0 Å². The predicted octanol–water partition coefficient (Wildman–Crippen LogP) is 2.27. The van der Waals surface area contributed by atoms with Crippen molar-refractivity contribution in [2.24, 2.45) is 23.7 Å². The number of nitrogens with one attached hydrogen (secondary N) is 1. The smallest absolute Gasteiger partial charge is 0.223 e. The van der Waals surface area contributed by atoms with Gasteiger partial charge in [0.05, 0.1) is 0 Å². The maximum absolute atomic E-state index is 12.1. The van der Waals surface area contributed by atoms with Gasteiger partial charge in [0, 0.05) is 19.0 Å². The van der Waals surface area contributed by atoms with Crippen LogP contribution in [0.1, 0.15) is 45.4 Å². The summed E-state index contributed by atoms with van der Waals surface area (Å²) in [5.41, 5.74) is 0. The SMILES string of the molecule is CC1CCN(CCNC(=O)C2[C@H]3CCCC[C@H]23)CC1. The summed E-state index contributed by atoms with van der Waals surface area (Å²) in [5.74, 6) is 3.10. The van der Waals surface area contributed by atoms with Gasteiger partial charge in [-0.05, 0) is 56.5 Å². The third kappa shape index (κ3) is 3.13. The third-order valence-corrected chi connectivity index (χ3v) is 5.56. The van der Waals surface area contributed by atoms with Gasteiger partial charge in [0.1, 0.15) is 0 Å². The number of amides is 1. The number of carbonyl (C=O) groups is 1. The van der Waals surface area contributed by atoms with Crippen LogP contribution >= 0.6 is 0 Å². The second-order valence-corrected chi connectivity index (χ2v) is 6.95. The zero-order chi connectivity index (χ0) is 13.2. The molecule has 108 valence electrons. The largest absolute Gasteiger partial charge is 0.355 e. The number of hydrogen-bond donors (Lipinski definition) is 1. The van der Waals surface area contributed by atoms with Crippen molar-refractivity contribution < 1.29 is 4.79 Å². The van der Waals surface area contributed by atoms with Gasteiger partial charge in [-0.3, -0.25) is 4.79 Å². The highest BCUT2D eigenvalue weighted by molar-refractivity contribution is 5.82. The van der Waals surface area contributed by atoms with Crippen LogP contribution in [0.4, 0.5) is 0 Å². The van der Waals surface area contributed by atoms with Gasteiger partial charge in [-0.2, -0.15) is 0 Å². The summed E-state index contributed by atoms with van der Waals surface area (Å²) < 4.78 is 0. The van der Waals surface area contributed by atoms with Crippen molar-refractivity contribution in [3.05, 3.63) is 0 Å². The number of rotatable bonds is 4. The van der Waals surface area contributed by atoms with Crippen LogP contribution in [0.3, 0.4) is 0 Å². The Balaban J connectivity index is 1.33. The molecular formula is C16H28N2O. The first-order chi connectivity index (χ1) is 9.25. The number of carbonyl (C=O) groups excluding carboxylic acids is 1. The molecule has 1 aliphatic heterocycles. The molecule has 0 unspecified atom stereocenters. The molecule has 2 atom stereocenters. The van der Waals surface area contributed by atoms with Crippen LogP contribution in [0.15, 0.2) is 0 Å². The Morgan fingerprint density at radius 3 is 2.37 bits per heavy atom. The lowest BCUT2D eigenvalue weighted by atomic mass is 9.99. The fourth-order valence-corrected chi connectivity index (χ4v) is 4.12. The average molecular weight is 264 g/mol. The molecule has 3 fully saturated rings. The monoisotopic (exact) mass is 264 g/mol. The van der Waals surface area contributed by atoms with Gasteiger partial charge in [0.15, 0.2) is 0 Å². The maximum Gasteiger partial charge on any atom is 0.223 e. The molecule has 0 aromatic carbocycles. The molecule has 0 radical (unpaired) electrons. The topological polar surface area (TPSA) is 32.3 Å². The number of nitrogens with zero attached hydrogens (tertiary/aromatic N) is 1. The van der Waals surface area contributed by atoms with Crippen molar-refractivity contribution in [2.75, 3.05) is 26.2 Å². The Kier molecular flexibility index (Phi) is 4.11. The third-order valence-electron chi connectivity index (χ3n) is 5.56. The normalized spacial score (nSPS) is 35.7. The summed E-state index contributed by atoms with van der Waals surface area (Å²) in [4.78, 5) is 14.6. The van der Waals surface area contributed by atoms with Crippen LogP contribution in [0, 0.1) is 23.7 Å². The van der Waals surface area contributed by atoms with Crippen LogP contribution in [0.5, 0.6) is 0 Å². The summed E-state index contributed by atoms with van der Waals surface area (Å²) >= 11 is 0. The van der Waals surface area contributed by atoms with Gasteiger partial charge < -0.3 is 10.2 Å². The molecule has 0 aromatic rings. The molecule has 0 bridgehead atoms. The highest BCUT2D eigenvalue weighted by Gasteiger charge is 2.54. The van der Waals surface area contributed by atoms with Gasteiger partial charge in [0.2, 0.25) is 5.91 Å². The number of hydrogen-bond acceptors (Lipinski definition) is 2. The van der Waals surface area contributed by atoms with E-state index in [0.29, 0.717) is 11.8 Å². The minimum absolute atomic E-state index is 0.349. The molecule has 1 amide bonds. The molecule has 1 N–H and O–H groups in total. The average Bonchev–Trinajstić information content (AvgIpc) is 3.15. The molecular weight excluding hydrogens is 236 g/mol. The predicted molar refractivity (Wildman–Crippen MR) is 76.8 cm³/mol. The van der Waals surface area contributed by atoms with E-state index >= 15 is 0 Å². The van der Waals surface area contributed by atoms with Crippen molar-refractivity contribution >= 4 is 5.91 Å². The highest BCUT2D eigenvalue weighted by atomic mass is 16.2. The van der Waals surface area contributed by atoms with Gasteiger partial charge in [0.25, 0.3) is 0 Å². The van der Waals surface area contributed by atoms with Crippen molar-refractivity contribution in [1.82, 2.24) is 10.2 Å². The number of likely N-dealkylation sites (tertiary alicyclic amines) is 1. The quantitative estimate of drug-likeness (QED) is 0.845. The van der Waals surface area contributed by atoms with Crippen LogP contribution in [0.25, 0.3) is 0 Å². The van der Waals surface area contributed by atoms with Gasteiger partial charge >= 0.3 is 0 Å². The highest BCUT2D eigenvalue weighted by Crippen LogP contribution is 2.55. The van der Waals surface area contributed by atoms with Crippen molar-refractivity contribution in [3.63, 3.8) is 0 Å². The van der Waals surface area contributed by atoms with Gasteiger partial charge in [-0.25, -0.2) is 0 Å². The Bertz CT molecular complexity index is 311. The summed E-state index contributed by atoms with van der Waals surface area (Å²) in [7, 11) is 0. The van der Waals surface area contributed by atoms with Crippen LogP contribution in [0.2, 0.25) is 0 Å². The van der Waals surface area contributed by atoms with Crippen molar-refractivity contribution in [3.8, 4) is 0 Å². The minimum Gasteiger partial charge on any atom is -0.355 e. The maximum atomic E-state index is 12.1. The second kappa shape index (κ2) is 5.82. The molecule has 0 aromatic heterocycles. The van der Waals surface area contributed by atoms with E-state index in [2.05, 4.69) is 17.1 Å². The Morgan fingerprint density at radius 2 is 1.74 bits per heavy atom. The minimum atomic E-state index is 0.349. The van der Waals surface area contributed by atoms with Gasteiger partial charge in [-0.15, -0.1) is 0 Å². The number of piperidine rings is 1. The number of fused-ring (bicyclic) bond motifs is 1. The lowest BCUT2D eigenvalue weighted by Gasteiger charge is -2.30. The zero-order valence-corrected chi connectivity index (χ0v) is 12.2. The van der Waals surface area contributed by atoms with Crippen LogP contribution in [-0.2, 0) is 4.79 Å². The zero-order valence-electron chi connectivity index (χ0n) is 12.2. The van der Waals surface area contributed by atoms with E-state index in [1.54, 1.807) is 0 Å². The molecule has 0 spiro atoms. The van der Waals surface area contributed by atoms with E-state index in [9.17, 15) is 4.79 Å². The second-order valence-electron chi connectivity index (χ2n) is 6.95. The molecule has 1 saturated heterocycles. The lowest BCUT2D eigenvalue weighted by Crippen LogP contribution is -2.39. The fourth-order valence-electron chi connectivity index (χ4n) is 4.12. The Morgan fingerprint density at radius 1 is 1.11 bits per heavy atom. The lowest BCUT2D eigenvalue weighted by molar-refractivity contribution is -0.122. The summed E-state index contributed by atoms with van der Waals surface area (Å²) in [6.07, 6.45) is 7.93. The molecule has 2 aliphatic carbocycles. The van der Waals surface area contributed by atoms with E-state index in [4.69, 9.17) is 0 Å². The summed E-state index contributed by atoms with van der Waals surface area (Å²) in [5, 5.41) is 3.18. The first-order valence-corrected chi connectivity index (χ1v) is 8.26. The summed E-state index contributed by atoms with van der Waals surface area (Å²) in [6.45, 7) is 6.66. The fraction of sp³-hybridized carbons (Fsp3) is 0.938. The van der Waals surface area contributed by atoms with Crippen LogP contribution < -0.4 is 5.32 Å². The molecule has 3 aliphatic rings. The molecule has 1 heterocycles. The first kappa shape index (κ1) is 13.4. The Hall–Kier alpha value is -0.570.